The normalized spacial score (nSPS) is 45.6. The van der Waals surface area contributed by atoms with Crippen molar-refractivity contribution in [2.45, 2.75) is 424 Å². The van der Waals surface area contributed by atoms with Crippen molar-refractivity contribution in [2.24, 2.45) is 41.4 Å². The number of morpholine rings is 2. The lowest BCUT2D eigenvalue weighted by atomic mass is 9.60. The van der Waals surface area contributed by atoms with E-state index in [2.05, 4.69) is 30.2 Å². The monoisotopic (exact) mass is 1160 g/mol. The van der Waals surface area contributed by atoms with E-state index in [-0.39, 0.29) is 0 Å². The van der Waals surface area contributed by atoms with Crippen molar-refractivity contribution in [3.05, 3.63) is 0 Å². The molecule has 0 aromatic carbocycles. The first-order chi connectivity index (χ1) is 41.6. The average molecular weight is 1160 g/mol. The highest BCUT2D eigenvalue weighted by Gasteiger charge is 2.54. The molecule has 476 valence electrons. The van der Waals surface area contributed by atoms with Crippen molar-refractivity contribution in [3.8, 4) is 0 Å². The summed E-state index contributed by atoms with van der Waals surface area (Å²) in [7, 11) is 0. The first kappa shape index (κ1) is 60.0. The van der Waals surface area contributed by atoms with Crippen molar-refractivity contribution < 1.29 is 9.47 Å². The third-order valence-electron chi connectivity index (χ3n) is 29.3. The molecule has 0 spiro atoms. The number of nitrogens with one attached hydrogen (secondary N) is 2. The molecule has 15 rings (SSSR count). The minimum atomic E-state index is 0.475. The maximum atomic E-state index is 7.46. The molecule has 12 aliphatic carbocycles. The van der Waals surface area contributed by atoms with E-state index in [4.69, 9.17) is 9.47 Å². The number of fused-ring (bicyclic) bond motifs is 4. The molecule has 12 unspecified atom stereocenters. The molecule has 12 atom stereocenters. The maximum Gasteiger partial charge on any atom is 0.0749 e. The molecule has 3 heterocycles. The summed E-state index contributed by atoms with van der Waals surface area (Å²) in [6.07, 6.45) is 75.3. The van der Waals surface area contributed by atoms with Gasteiger partial charge in [0.1, 0.15) is 0 Å². The third kappa shape index (κ3) is 13.1. The molecule has 12 saturated carbocycles. The van der Waals surface area contributed by atoms with Gasteiger partial charge in [0.2, 0.25) is 0 Å². The standard InChI is InChI=1S/C76H130N6O2/c1-6-20-55(21-7-1)76-77-51-59(52-78-76)58-47-56(53-34-38-64(39-35-53)79(60-22-8-2-9-23-60)66-42-44-70-74(49-66)83-72-32-18-16-30-68(72)81(70)62-26-12-4-13-27-62)46-57(48-58)54-36-40-65(41-37-54)80(61-24-10-3-11-25-61)67-43-45-71-75(50-67)84-73-33-19-17-31-69(73)82(71)63-28-14-5-15-29-63/h53-78H,1-52H2. The van der Waals surface area contributed by atoms with Crippen LogP contribution in [0.4, 0.5) is 0 Å². The smallest absolute Gasteiger partial charge is 0.0749 e. The zero-order valence-electron chi connectivity index (χ0n) is 54.2. The van der Waals surface area contributed by atoms with Crippen LogP contribution in [0.5, 0.6) is 0 Å². The molecule has 3 saturated heterocycles. The molecular formula is C76H130N6O2. The van der Waals surface area contributed by atoms with Crippen LogP contribution in [-0.4, -0.2) is 136 Å². The van der Waals surface area contributed by atoms with E-state index in [1.165, 1.54) is 315 Å². The Labute approximate surface area is 515 Å². The molecule has 15 aliphatic rings. The van der Waals surface area contributed by atoms with E-state index >= 15 is 0 Å². The van der Waals surface area contributed by atoms with Crippen LogP contribution in [0.15, 0.2) is 0 Å². The van der Waals surface area contributed by atoms with Crippen molar-refractivity contribution in [1.29, 1.82) is 0 Å². The van der Waals surface area contributed by atoms with Gasteiger partial charge in [-0.1, -0.05) is 122 Å². The second kappa shape index (κ2) is 28.3. The largest absolute Gasteiger partial charge is 0.372 e. The summed E-state index contributed by atoms with van der Waals surface area (Å²) < 4.78 is 14.9. The topological polar surface area (TPSA) is 55.5 Å². The van der Waals surface area contributed by atoms with Gasteiger partial charge in [-0.05, 0) is 240 Å². The zero-order valence-corrected chi connectivity index (χ0v) is 54.2. The quantitative estimate of drug-likeness (QED) is 0.201. The summed E-state index contributed by atoms with van der Waals surface area (Å²) in [6, 6.07) is 9.27. The second-order valence-corrected chi connectivity index (χ2v) is 33.7. The molecule has 8 heteroatoms. The minimum Gasteiger partial charge on any atom is -0.372 e. The lowest BCUT2D eigenvalue weighted by molar-refractivity contribution is -0.199. The van der Waals surface area contributed by atoms with Crippen LogP contribution in [-0.2, 0) is 9.47 Å². The molecule has 8 nitrogen and oxygen atoms in total. The molecule has 2 N–H and O–H groups in total. The Morgan fingerprint density at radius 3 is 1.00 bits per heavy atom. The predicted molar refractivity (Wildman–Crippen MR) is 345 cm³/mol. The van der Waals surface area contributed by atoms with E-state index in [0.717, 1.165) is 89.8 Å². The Hall–Kier alpha value is -0.320. The fraction of sp³-hybridized carbons (Fsp3) is 1.00. The first-order valence-electron chi connectivity index (χ1n) is 39.5. The van der Waals surface area contributed by atoms with Gasteiger partial charge in [-0.3, -0.25) is 19.6 Å². The average Bonchev–Trinajstić information content (AvgIpc) is 3.66. The van der Waals surface area contributed by atoms with E-state index < -0.39 is 0 Å². The molecule has 0 amide bonds. The number of rotatable bonds is 12. The first-order valence-corrected chi connectivity index (χ1v) is 39.5. The van der Waals surface area contributed by atoms with Gasteiger partial charge in [0.25, 0.3) is 0 Å². The lowest BCUT2D eigenvalue weighted by Gasteiger charge is -2.59. The maximum absolute atomic E-state index is 7.46. The molecule has 15 fully saturated rings. The van der Waals surface area contributed by atoms with Crippen LogP contribution in [0.1, 0.15) is 321 Å². The van der Waals surface area contributed by atoms with Gasteiger partial charge in [-0.15, -0.1) is 0 Å². The summed E-state index contributed by atoms with van der Waals surface area (Å²) in [4.78, 5) is 13.0. The summed E-state index contributed by atoms with van der Waals surface area (Å²) in [5, 5.41) is 8.48. The summed E-state index contributed by atoms with van der Waals surface area (Å²) in [5.41, 5.74) is 0. The van der Waals surface area contributed by atoms with E-state index in [1.54, 1.807) is 19.3 Å². The van der Waals surface area contributed by atoms with E-state index in [1.807, 2.05) is 0 Å². The Balaban J connectivity index is 0.624. The molecule has 0 bridgehead atoms. The fourth-order valence-corrected chi connectivity index (χ4v) is 25.4. The van der Waals surface area contributed by atoms with Gasteiger partial charge in [0.05, 0.1) is 30.6 Å². The highest BCUT2D eigenvalue weighted by atomic mass is 16.5. The van der Waals surface area contributed by atoms with E-state index in [9.17, 15) is 0 Å². The van der Waals surface area contributed by atoms with Crippen molar-refractivity contribution in [1.82, 2.24) is 30.2 Å². The molecule has 3 aliphatic heterocycles. The summed E-state index contributed by atoms with van der Waals surface area (Å²) >= 11 is 0. The van der Waals surface area contributed by atoms with Gasteiger partial charge in [0, 0.05) is 85.6 Å². The van der Waals surface area contributed by atoms with Gasteiger partial charge in [-0.2, -0.15) is 0 Å². The highest BCUT2D eigenvalue weighted by molar-refractivity contribution is 5.08. The lowest BCUT2D eigenvalue weighted by Crippen LogP contribution is -2.67. The minimum absolute atomic E-state index is 0.475. The summed E-state index contributed by atoms with van der Waals surface area (Å²) in [6.45, 7) is 2.56. The number of hydrogen-bond acceptors (Lipinski definition) is 8. The molecule has 0 aromatic rings. The fourth-order valence-electron chi connectivity index (χ4n) is 25.4. The van der Waals surface area contributed by atoms with Crippen molar-refractivity contribution in [2.75, 3.05) is 13.1 Å². The van der Waals surface area contributed by atoms with Crippen LogP contribution < -0.4 is 10.6 Å². The Bertz CT molecular complexity index is 1870. The van der Waals surface area contributed by atoms with Crippen LogP contribution >= 0.6 is 0 Å². The predicted octanol–water partition coefficient (Wildman–Crippen LogP) is 16.7. The van der Waals surface area contributed by atoms with Gasteiger partial charge in [0.15, 0.2) is 0 Å². The van der Waals surface area contributed by atoms with Crippen LogP contribution in [0.25, 0.3) is 0 Å². The van der Waals surface area contributed by atoms with Crippen molar-refractivity contribution >= 4 is 0 Å². The molecule has 0 radical (unpaired) electrons. The number of nitrogens with zero attached hydrogens (tertiary/aromatic N) is 4. The number of ether oxygens (including phenoxy) is 2. The Morgan fingerprint density at radius 1 is 0.238 bits per heavy atom. The van der Waals surface area contributed by atoms with Gasteiger partial charge < -0.3 is 20.1 Å². The molecule has 0 aromatic heterocycles. The summed E-state index contributed by atoms with van der Waals surface area (Å²) in [5.74, 6) is 6.39. The second-order valence-electron chi connectivity index (χ2n) is 33.7. The molecule has 84 heavy (non-hydrogen) atoms. The SMILES string of the molecule is C1CCC(C2NCC(C3CC(C4CCC(N(C5CCCCC5)C5CCC6C(C5)OC5CCCCC5N6C5CCCCC5)CC4)CC(C4CCC(N(C5CCCCC5)C5CCC6C(C5)OC5CCCCC5N6C5CCCCC5)CC4)C3)CN2)CC1. The third-order valence-corrected chi connectivity index (χ3v) is 29.3. The van der Waals surface area contributed by atoms with Crippen LogP contribution in [0.3, 0.4) is 0 Å². The van der Waals surface area contributed by atoms with E-state index in [0.29, 0.717) is 54.7 Å². The van der Waals surface area contributed by atoms with Gasteiger partial charge in [-0.25, -0.2) is 0 Å². The number of hydrogen-bond donors (Lipinski definition) is 2. The van der Waals surface area contributed by atoms with Gasteiger partial charge >= 0.3 is 0 Å². The zero-order chi connectivity index (χ0) is 55.8. The van der Waals surface area contributed by atoms with Crippen LogP contribution in [0.2, 0.25) is 0 Å². The highest BCUT2D eigenvalue weighted by Crippen LogP contribution is 2.53. The molecular weight excluding hydrogens is 1030 g/mol. The van der Waals surface area contributed by atoms with Crippen molar-refractivity contribution in [3.63, 3.8) is 0 Å². The van der Waals surface area contributed by atoms with Crippen LogP contribution in [0, 0.1) is 41.4 Å². The Kier molecular flexibility index (Phi) is 20.2. The Morgan fingerprint density at radius 2 is 0.571 bits per heavy atom.